The van der Waals surface area contributed by atoms with E-state index in [9.17, 15) is 18.0 Å². The number of nitrogens with two attached hydrogens (primary N) is 1. The van der Waals surface area contributed by atoms with Crippen LogP contribution < -0.4 is 5.73 Å². The molecule has 2 N–H and O–H groups in total. The Balaban J connectivity index is 3.52. The molecule has 88 valence electrons. The van der Waals surface area contributed by atoms with Crippen molar-refractivity contribution in [2.75, 3.05) is 0 Å². The molecule has 0 aliphatic heterocycles. The van der Waals surface area contributed by atoms with E-state index >= 15 is 0 Å². The Kier molecular flexibility index (Phi) is 3.26. The molecule has 0 fully saturated rings. The maximum atomic E-state index is 12.6. The van der Waals surface area contributed by atoms with Crippen LogP contribution in [-0.2, 0) is 6.18 Å². The molecule has 0 saturated carbocycles. The molecule has 0 saturated heterocycles. The number of carbonyl (C=O) groups is 1. The van der Waals surface area contributed by atoms with Crippen LogP contribution in [0.3, 0.4) is 0 Å². The zero-order chi connectivity index (χ0) is 12.5. The molecule has 0 radical (unpaired) electrons. The third-order valence-corrected chi connectivity index (χ3v) is 2.27. The van der Waals surface area contributed by atoms with Crippen LogP contribution in [0, 0.1) is 0 Å². The van der Waals surface area contributed by atoms with Crippen molar-refractivity contribution in [3.8, 4) is 0 Å². The van der Waals surface area contributed by atoms with Gasteiger partial charge in [0, 0.05) is 0 Å². The minimum absolute atomic E-state index is 0.190. The standard InChI is InChI=1S/C11H12F3NO/c1-6(2)7-4-3-5-8(11(12,13)14)9(7)10(15)16/h3-6H,1-2H3,(H2,15,16). The summed E-state index contributed by atoms with van der Waals surface area (Å²) in [5.74, 6) is -1.23. The molecule has 1 aromatic rings. The molecule has 1 aromatic carbocycles. The quantitative estimate of drug-likeness (QED) is 0.835. The van der Waals surface area contributed by atoms with Crippen LogP contribution in [0.2, 0.25) is 0 Å². The number of benzene rings is 1. The van der Waals surface area contributed by atoms with Gasteiger partial charge in [-0.3, -0.25) is 4.79 Å². The van der Waals surface area contributed by atoms with Gasteiger partial charge in [0.05, 0.1) is 11.1 Å². The Morgan fingerprint density at radius 1 is 1.31 bits per heavy atom. The Hall–Kier alpha value is -1.52. The van der Waals surface area contributed by atoms with Gasteiger partial charge in [-0.2, -0.15) is 13.2 Å². The van der Waals surface area contributed by atoms with Crippen molar-refractivity contribution in [1.82, 2.24) is 0 Å². The zero-order valence-corrected chi connectivity index (χ0v) is 8.93. The Morgan fingerprint density at radius 3 is 2.25 bits per heavy atom. The molecular formula is C11H12F3NO. The Bertz CT molecular complexity index is 410. The highest BCUT2D eigenvalue weighted by atomic mass is 19.4. The van der Waals surface area contributed by atoms with E-state index < -0.39 is 23.2 Å². The average Bonchev–Trinajstić information content (AvgIpc) is 2.14. The number of hydrogen-bond donors (Lipinski definition) is 1. The van der Waals surface area contributed by atoms with Gasteiger partial charge in [0.15, 0.2) is 0 Å². The Labute approximate surface area is 91.3 Å². The highest BCUT2D eigenvalue weighted by Gasteiger charge is 2.36. The van der Waals surface area contributed by atoms with Gasteiger partial charge in [0.1, 0.15) is 0 Å². The van der Waals surface area contributed by atoms with E-state index in [-0.39, 0.29) is 5.92 Å². The van der Waals surface area contributed by atoms with E-state index in [0.29, 0.717) is 5.56 Å². The molecule has 2 nitrogen and oxygen atoms in total. The number of hydrogen-bond acceptors (Lipinski definition) is 1. The lowest BCUT2D eigenvalue weighted by molar-refractivity contribution is -0.138. The minimum Gasteiger partial charge on any atom is -0.366 e. The van der Waals surface area contributed by atoms with Crippen LogP contribution in [0.5, 0.6) is 0 Å². The normalized spacial score (nSPS) is 11.9. The van der Waals surface area contributed by atoms with Gasteiger partial charge in [-0.15, -0.1) is 0 Å². The first kappa shape index (κ1) is 12.5. The van der Waals surface area contributed by atoms with Gasteiger partial charge >= 0.3 is 6.18 Å². The molecule has 0 aliphatic carbocycles. The van der Waals surface area contributed by atoms with Crippen molar-refractivity contribution < 1.29 is 18.0 Å². The fourth-order valence-electron chi connectivity index (χ4n) is 1.56. The molecule has 0 atom stereocenters. The van der Waals surface area contributed by atoms with Gasteiger partial charge < -0.3 is 5.73 Å². The molecule has 16 heavy (non-hydrogen) atoms. The highest BCUT2D eigenvalue weighted by Crippen LogP contribution is 2.34. The third kappa shape index (κ3) is 2.35. The topological polar surface area (TPSA) is 43.1 Å². The summed E-state index contributed by atoms with van der Waals surface area (Å²) in [6, 6.07) is 3.64. The fraction of sp³-hybridized carbons (Fsp3) is 0.364. The second-order valence-electron chi connectivity index (χ2n) is 3.79. The number of primary amides is 1. The number of carbonyl (C=O) groups excluding carboxylic acids is 1. The van der Waals surface area contributed by atoms with Crippen LogP contribution in [-0.4, -0.2) is 5.91 Å². The summed E-state index contributed by atoms with van der Waals surface area (Å²) in [7, 11) is 0. The number of amides is 1. The number of halogens is 3. The monoisotopic (exact) mass is 231 g/mol. The first-order valence-corrected chi connectivity index (χ1v) is 4.75. The van der Waals surface area contributed by atoms with Crippen molar-refractivity contribution >= 4 is 5.91 Å². The van der Waals surface area contributed by atoms with Crippen LogP contribution in [0.15, 0.2) is 18.2 Å². The van der Waals surface area contributed by atoms with E-state index in [0.717, 1.165) is 6.07 Å². The lowest BCUT2D eigenvalue weighted by Crippen LogP contribution is -2.21. The molecule has 1 rings (SSSR count). The fourth-order valence-corrected chi connectivity index (χ4v) is 1.56. The lowest BCUT2D eigenvalue weighted by Gasteiger charge is -2.16. The molecule has 0 spiro atoms. The van der Waals surface area contributed by atoms with Crippen LogP contribution >= 0.6 is 0 Å². The predicted molar refractivity (Wildman–Crippen MR) is 54.1 cm³/mol. The van der Waals surface area contributed by atoms with Crippen molar-refractivity contribution in [2.45, 2.75) is 25.9 Å². The summed E-state index contributed by atoms with van der Waals surface area (Å²) >= 11 is 0. The van der Waals surface area contributed by atoms with E-state index in [1.165, 1.54) is 12.1 Å². The van der Waals surface area contributed by atoms with Gasteiger partial charge in [0.25, 0.3) is 0 Å². The lowest BCUT2D eigenvalue weighted by atomic mass is 9.92. The van der Waals surface area contributed by atoms with Gasteiger partial charge in [-0.05, 0) is 17.5 Å². The smallest absolute Gasteiger partial charge is 0.366 e. The zero-order valence-electron chi connectivity index (χ0n) is 8.93. The van der Waals surface area contributed by atoms with Crippen LogP contribution in [0.1, 0.15) is 41.3 Å². The van der Waals surface area contributed by atoms with Crippen LogP contribution in [0.25, 0.3) is 0 Å². The Morgan fingerprint density at radius 2 is 1.88 bits per heavy atom. The molecule has 0 aromatic heterocycles. The maximum absolute atomic E-state index is 12.6. The minimum atomic E-state index is -4.56. The third-order valence-electron chi connectivity index (χ3n) is 2.27. The molecule has 0 unspecified atom stereocenters. The average molecular weight is 231 g/mol. The summed E-state index contributed by atoms with van der Waals surface area (Å²) in [5, 5.41) is 0. The largest absolute Gasteiger partial charge is 0.417 e. The first-order chi connectivity index (χ1) is 7.25. The second-order valence-corrected chi connectivity index (χ2v) is 3.79. The molecular weight excluding hydrogens is 219 g/mol. The molecule has 1 amide bonds. The summed E-state index contributed by atoms with van der Waals surface area (Å²) in [5.41, 5.74) is 3.94. The van der Waals surface area contributed by atoms with E-state index in [1.807, 2.05) is 0 Å². The summed E-state index contributed by atoms with van der Waals surface area (Å²) in [4.78, 5) is 11.1. The molecule has 0 heterocycles. The van der Waals surface area contributed by atoms with E-state index in [4.69, 9.17) is 5.73 Å². The second kappa shape index (κ2) is 4.15. The number of alkyl halides is 3. The van der Waals surface area contributed by atoms with Crippen molar-refractivity contribution in [3.63, 3.8) is 0 Å². The van der Waals surface area contributed by atoms with Crippen molar-refractivity contribution in [1.29, 1.82) is 0 Å². The van der Waals surface area contributed by atoms with Crippen molar-refractivity contribution in [3.05, 3.63) is 34.9 Å². The predicted octanol–water partition coefficient (Wildman–Crippen LogP) is 2.93. The van der Waals surface area contributed by atoms with E-state index in [2.05, 4.69) is 0 Å². The van der Waals surface area contributed by atoms with Crippen LogP contribution in [0.4, 0.5) is 13.2 Å². The SMILES string of the molecule is CC(C)c1cccc(C(F)(F)F)c1C(N)=O. The number of rotatable bonds is 2. The molecule has 0 aliphatic rings. The van der Waals surface area contributed by atoms with Crippen molar-refractivity contribution in [2.24, 2.45) is 5.73 Å². The van der Waals surface area contributed by atoms with Gasteiger partial charge in [-0.1, -0.05) is 26.0 Å². The van der Waals surface area contributed by atoms with E-state index in [1.54, 1.807) is 13.8 Å². The van der Waals surface area contributed by atoms with Gasteiger partial charge in [0.2, 0.25) is 5.91 Å². The molecule has 5 heteroatoms. The van der Waals surface area contributed by atoms with Gasteiger partial charge in [-0.25, -0.2) is 0 Å². The summed E-state index contributed by atoms with van der Waals surface area (Å²) < 4.78 is 37.9. The summed E-state index contributed by atoms with van der Waals surface area (Å²) in [6.07, 6.45) is -4.56. The highest BCUT2D eigenvalue weighted by molar-refractivity contribution is 5.96. The maximum Gasteiger partial charge on any atom is 0.417 e. The molecule has 0 bridgehead atoms. The first-order valence-electron chi connectivity index (χ1n) is 4.75. The summed E-state index contributed by atoms with van der Waals surface area (Å²) in [6.45, 7) is 3.42.